The topological polar surface area (TPSA) is 54.5 Å². The second-order valence-corrected chi connectivity index (χ2v) is 11.1. The van der Waals surface area contributed by atoms with Crippen LogP contribution >= 0.6 is 0 Å². The summed E-state index contributed by atoms with van der Waals surface area (Å²) in [5.74, 6) is 1.51. The summed E-state index contributed by atoms with van der Waals surface area (Å²) in [6.07, 6.45) is 8.45. The van der Waals surface area contributed by atoms with Crippen LogP contribution in [0.3, 0.4) is 0 Å². The number of Topliss-reactive ketones (excluding diaryl/α,β-unsaturated/α-hetero) is 1. The second kappa shape index (κ2) is 7.42. The van der Waals surface area contributed by atoms with Crippen molar-refractivity contribution in [2.75, 3.05) is 0 Å². The van der Waals surface area contributed by atoms with Crippen LogP contribution < -0.4 is 0 Å². The molecule has 1 aromatic carbocycles. The first-order valence-corrected chi connectivity index (χ1v) is 12.0. The van der Waals surface area contributed by atoms with Crippen LogP contribution in [0.2, 0.25) is 0 Å². The minimum Gasteiger partial charge on any atom is -0.299 e. The molecule has 2 fully saturated rings. The first kappa shape index (κ1) is 19.8. The van der Waals surface area contributed by atoms with E-state index in [4.69, 9.17) is 0 Å². The Morgan fingerprint density at radius 2 is 1.82 bits per heavy atom. The van der Waals surface area contributed by atoms with Crippen LogP contribution in [0.4, 0.5) is 0 Å². The van der Waals surface area contributed by atoms with Gasteiger partial charge in [-0.1, -0.05) is 43.7 Å². The fourth-order valence-corrected chi connectivity index (χ4v) is 7.45. The molecule has 28 heavy (non-hydrogen) atoms. The lowest BCUT2D eigenvalue weighted by Crippen LogP contribution is -2.44. The standard InChI is InChI=1S/C23H31NO3S/c1-15(2)22-11-8-19(14-23(25)21-13-17-6-7-18(21)12-17)24(22)28(26,27)20-9-4-16(3)5-10-20/h4-7,9-10,15,17-19,21-22H,8,11-14H2,1-3H3/t17?,18?,19-,21?,22+/m0/s1. The van der Waals surface area contributed by atoms with Gasteiger partial charge < -0.3 is 0 Å². The highest BCUT2D eigenvalue weighted by Gasteiger charge is 2.46. The van der Waals surface area contributed by atoms with Crippen LogP contribution in [-0.2, 0) is 14.8 Å². The largest absolute Gasteiger partial charge is 0.299 e. The number of benzene rings is 1. The van der Waals surface area contributed by atoms with Gasteiger partial charge in [-0.15, -0.1) is 0 Å². The van der Waals surface area contributed by atoms with E-state index in [1.165, 1.54) is 0 Å². The molecule has 1 saturated heterocycles. The zero-order chi connectivity index (χ0) is 20.1. The molecular weight excluding hydrogens is 370 g/mol. The van der Waals surface area contributed by atoms with Gasteiger partial charge in [0.15, 0.2) is 0 Å². The lowest BCUT2D eigenvalue weighted by molar-refractivity contribution is -0.124. The van der Waals surface area contributed by atoms with Crippen molar-refractivity contribution in [3.8, 4) is 0 Å². The maximum Gasteiger partial charge on any atom is 0.243 e. The van der Waals surface area contributed by atoms with Gasteiger partial charge in [-0.3, -0.25) is 4.79 Å². The van der Waals surface area contributed by atoms with Crippen LogP contribution in [0.1, 0.15) is 51.5 Å². The summed E-state index contributed by atoms with van der Waals surface area (Å²) in [6, 6.07) is 6.82. The average Bonchev–Trinajstić information content (AvgIpc) is 3.37. The van der Waals surface area contributed by atoms with Crippen LogP contribution in [-0.4, -0.2) is 30.6 Å². The third-order valence-corrected chi connectivity index (χ3v) is 8.97. The van der Waals surface area contributed by atoms with E-state index in [0.29, 0.717) is 23.2 Å². The fraction of sp³-hybridized carbons (Fsp3) is 0.609. The highest BCUT2D eigenvalue weighted by Crippen LogP contribution is 2.45. The van der Waals surface area contributed by atoms with E-state index < -0.39 is 10.0 Å². The molecule has 4 nitrogen and oxygen atoms in total. The molecule has 5 atom stereocenters. The van der Waals surface area contributed by atoms with Crippen LogP contribution in [0, 0.1) is 30.6 Å². The minimum absolute atomic E-state index is 0.0379. The summed E-state index contributed by atoms with van der Waals surface area (Å²) >= 11 is 0. The molecular formula is C23H31NO3S. The highest BCUT2D eigenvalue weighted by molar-refractivity contribution is 7.89. The van der Waals surface area contributed by atoms with Crippen molar-refractivity contribution in [1.29, 1.82) is 0 Å². The van der Waals surface area contributed by atoms with Crippen LogP contribution in [0.15, 0.2) is 41.3 Å². The summed E-state index contributed by atoms with van der Waals surface area (Å²) in [7, 11) is -3.61. The van der Waals surface area contributed by atoms with Gasteiger partial charge in [0.2, 0.25) is 10.0 Å². The van der Waals surface area contributed by atoms with Crippen molar-refractivity contribution < 1.29 is 13.2 Å². The van der Waals surface area contributed by atoms with Gasteiger partial charge in [-0.25, -0.2) is 8.42 Å². The van der Waals surface area contributed by atoms with E-state index in [-0.39, 0.29) is 29.7 Å². The van der Waals surface area contributed by atoms with Crippen molar-refractivity contribution in [1.82, 2.24) is 4.31 Å². The Labute approximate surface area is 169 Å². The number of carbonyl (C=O) groups is 1. The zero-order valence-corrected chi connectivity index (χ0v) is 17.9. The lowest BCUT2D eigenvalue weighted by Gasteiger charge is -2.32. The normalized spacial score (nSPS) is 32.5. The Kier molecular flexibility index (Phi) is 5.25. The number of fused-ring (bicyclic) bond motifs is 2. The molecule has 5 heteroatoms. The van der Waals surface area contributed by atoms with Gasteiger partial charge in [-0.05, 0) is 62.5 Å². The van der Waals surface area contributed by atoms with E-state index in [1.54, 1.807) is 16.4 Å². The average molecular weight is 402 g/mol. The maximum absolute atomic E-state index is 13.5. The molecule has 3 unspecified atom stereocenters. The summed E-state index contributed by atoms with van der Waals surface area (Å²) in [5, 5.41) is 0. The molecule has 1 aliphatic heterocycles. The Hall–Kier alpha value is -1.46. The van der Waals surface area contributed by atoms with Crippen molar-refractivity contribution in [2.45, 2.75) is 69.9 Å². The molecule has 1 heterocycles. The molecule has 1 saturated carbocycles. The number of ketones is 1. The van der Waals surface area contributed by atoms with Crippen LogP contribution in [0.5, 0.6) is 0 Å². The zero-order valence-electron chi connectivity index (χ0n) is 17.0. The third kappa shape index (κ3) is 3.48. The number of aryl methyl sites for hydroxylation is 1. The summed E-state index contributed by atoms with van der Waals surface area (Å²) in [4.78, 5) is 13.4. The summed E-state index contributed by atoms with van der Waals surface area (Å²) < 4.78 is 28.7. The number of carbonyl (C=O) groups excluding carboxylic acids is 1. The lowest BCUT2D eigenvalue weighted by atomic mass is 9.87. The number of hydrogen-bond acceptors (Lipinski definition) is 3. The number of rotatable bonds is 6. The fourth-order valence-electron chi connectivity index (χ4n) is 5.45. The van der Waals surface area contributed by atoms with Gasteiger partial charge in [-0.2, -0.15) is 4.31 Å². The van der Waals surface area contributed by atoms with Gasteiger partial charge in [0, 0.05) is 24.4 Å². The number of sulfonamides is 1. The van der Waals surface area contributed by atoms with E-state index in [0.717, 1.165) is 31.2 Å². The van der Waals surface area contributed by atoms with Gasteiger partial charge >= 0.3 is 0 Å². The quantitative estimate of drug-likeness (QED) is 0.666. The molecule has 152 valence electrons. The predicted molar refractivity (Wildman–Crippen MR) is 110 cm³/mol. The van der Waals surface area contributed by atoms with Crippen molar-refractivity contribution in [3.63, 3.8) is 0 Å². The molecule has 0 N–H and O–H groups in total. The molecule has 0 amide bonds. The van der Waals surface area contributed by atoms with E-state index in [9.17, 15) is 13.2 Å². The second-order valence-electron chi connectivity index (χ2n) is 9.25. The molecule has 0 spiro atoms. The number of allylic oxidation sites excluding steroid dienone is 2. The molecule has 2 aliphatic carbocycles. The summed E-state index contributed by atoms with van der Waals surface area (Å²) in [6.45, 7) is 6.11. The number of hydrogen-bond donors (Lipinski definition) is 0. The minimum atomic E-state index is -3.61. The Morgan fingerprint density at radius 3 is 2.39 bits per heavy atom. The van der Waals surface area contributed by atoms with Gasteiger partial charge in [0.1, 0.15) is 5.78 Å². The van der Waals surface area contributed by atoms with E-state index >= 15 is 0 Å². The van der Waals surface area contributed by atoms with Gasteiger partial charge in [0.05, 0.1) is 4.90 Å². The predicted octanol–water partition coefficient (Wildman–Crippen LogP) is 4.34. The maximum atomic E-state index is 13.5. The first-order chi connectivity index (χ1) is 13.3. The van der Waals surface area contributed by atoms with Crippen molar-refractivity contribution in [2.24, 2.45) is 23.7 Å². The molecule has 4 rings (SSSR count). The Balaban J connectivity index is 1.58. The molecule has 1 aromatic rings. The van der Waals surface area contributed by atoms with E-state index in [1.807, 2.05) is 19.1 Å². The highest BCUT2D eigenvalue weighted by atomic mass is 32.2. The van der Waals surface area contributed by atoms with Crippen LogP contribution in [0.25, 0.3) is 0 Å². The molecule has 2 bridgehead atoms. The SMILES string of the molecule is Cc1ccc(S(=O)(=O)N2[C@H](CC(=O)C3CC4C=CC3C4)CC[C@@H]2C(C)C)cc1. The monoisotopic (exact) mass is 401 g/mol. The number of nitrogens with zero attached hydrogens (tertiary/aromatic N) is 1. The van der Waals surface area contributed by atoms with E-state index in [2.05, 4.69) is 26.0 Å². The molecule has 3 aliphatic rings. The third-order valence-electron chi connectivity index (χ3n) is 6.98. The van der Waals surface area contributed by atoms with Crippen molar-refractivity contribution >= 4 is 15.8 Å². The smallest absolute Gasteiger partial charge is 0.243 e. The van der Waals surface area contributed by atoms with Crippen molar-refractivity contribution in [3.05, 3.63) is 42.0 Å². The Morgan fingerprint density at radius 1 is 1.11 bits per heavy atom. The molecule has 0 radical (unpaired) electrons. The van der Waals surface area contributed by atoms with Gasteiger partial charge in [0.25, 0.3) is 0 Å². The first-order valence-electron chi connectivity index (χ1n) is 10.6. The molecule has 0 aromatic heterocycles. The Bertz CT molecular complexity index is 872. The summed E-state index contributed by atoms with van der Waals surface area (Å²) in [5.41, 5.74) is 1.04.